The first-order chi connectivity index (χ1) is 9.20. The average molecular weight is 305 g/mol. The van der Waals surface area contributed by atoms with Crippen molar-refractivity contribution in [1.82, 2.24) is 9.55 Å². The minimum absolute atomic E-state index is 0.0395. The Hall–Kier alpha value is -2.02. The van der Waals surface area contributed by atoms with Crippen LogP contribution in [0, 0.1) is 6.92 Å². The van der Waals surface area contributed by atoms with Crippen molar-refractivity contribution in [2.45, 2.75) is 13.1 Å². The van der Waals surface area contributed by atoms with Crippen molar-refractivity contribution < 1.29 is 18.3 Å². The van der Waals surface area contributed by atoms with Crippen molar-refractivity contribution in [3.63, 3.8) is 0 Å². The summed E-state index contributed by atoms with van der Waals surface area (Å²) in [6, 6.07) is 2.34. The standard InChI is InChI=1S/C12H8ClF3N2O2/c1-6-5-17-10(13)4-8(6)18-9(12(14,15)16)2-7(19)3-11(18)20/h2-5,19H,1H3. The first-order valence-corrected chi connectivity index (χ1v) is 5.73. The molecule has 0 saturated heterocycles. The van der Waals surface area contributed by atoms with Crippen molar-refractivity contribution in [2.24, 2.45) is 0 Å². The summed E-state index contributed by atoms with van der Waals surface area (Å²) in [5.74, 6) is -0.753. The zero-order valence-electron chi connectivity index (χ0n) is 10.1. The molecule has 0 atom stereocenters. The second-order valence-electron chi connectivity index (χ2n) is 4.06. The molecule has 2 aromatic rings. The maximum absolute atomic E-state index is 13.0. The second kappa shape index (κ2) is 4.82. The summed E-state index contributed by atoms with van der Waals surface area (Å²) >= 11 is 5.66. The molecular weight excluding hydrogens is 297 g/mol. The van der Waals surface area contributed by atoms with Crippen LogP contribution in [0.3, 0.4) is 0 Å². The Labute approximate surface area is 116 Å². The van der Waals surface area contributed by atoms with E-state index in [9.17, 15) is 23.1 Å². The van der Waals surface area contributed by atoms with Crippen LogP contribution in [0.5, 0.6) is 5.75 Å². The van der Waals surface area contributed by atoms with Gasteiger partial charge in [0, 0.05) is 18.3 Å². The van der Waals surface area contributed by atoms with E-state index in [0.717, 1.165) is 6.07 Å². The number of alkyl halides is 3. The lowest BCUT2D eigenvalue weighted by molar-refractivity contribution is -0.143. The Morgan fingerprint density at radius 3 is 2.55 bits per heavy atom. The summed E-state index contributed by atoms with van der Waals surface area (Å²) in [6.45, 7) is 1.50. The van der Waals surface area contributed by atoms with Crippen molar-refractivity contribution in [2.75, 3.05) is 0 Å². The van der Waals surface area contributed by atoms with Gasteiger partial charge in [-0.15, -0.1) is 0 Å². The number of aromatic nitrogens is 2. The first kappa shape index (κ1) is 14.4. The third-order valence-electron chi connectivity index (χ3n) is 2.59. The quantitative estimate of drug-likeness (QED) is 0.824. The highest BCUT2D eigenvalue weighted by molar-refractivity contribution is 6.29. The topological polar surface area (TPSA) is 55.1 Å². The molecule has 0 aliphatic carbocycles. The third kappa shape index (κ3) is 2.62. The van der Waals surface area contributed by atoms with Crippen LogP contribution in [-0.4, -0.2) is 14.7 Å². The normalized spacial score (nSPS) is 11.7. The van der Waals surface area contributed by atoms with Crippen molar-refractivity contribution >= 4 is 11.6 Å². The smallest absolute Gasteiger partial charge is 0.432 e. The lowest BCUT2D eigenvalue weighted by atomic mass is 10.2. The van der Waals surface area contributed by atoms with Gasteiger partial charge in [0.1, 0.15) is 16.6 Å². The lowest BCUT2D eigenvalue weighted by Gasteiger charge is -2.17. The van der Waals surface area contributed by atoms with Gasteiger partial charge in [-0.05, 0) is 18.6 Å². The molecule has 2 rings (SSSR count). The number of aromatic hydroxyl groups is 1. The molecule has 8 heteroatoms. The molecule has 2 aromatic heterocycles. The van der Waals surface area contributed by atoms with Crippen LogP contribution in [-0.2, 0) is 6.18 Å². The molecule has 4 nitrogen and oxygen atoms in total. The molecule has 0 aromatic carbocycles. The Balaban J connectivity index is 2.86. The average Bonchev–Trinajstić information content (AvgIpc) is 2.31. The van der Waals surface area contributed by atoms with E-state index in [1.54, 1.807) is 0 Å². The van der Waals surface area contributed by atoms with E-state index in [2.05, 4.69) is 4.98 Å². The highest BCUT2D eigenvalue weighted by atomic mass is 35.5. The molecule has 0 spiro atoms. The molecule has 1 N–H and O–H groups in total. The zero-order valence-corrected chi connectivity index (χ0v) is 10.8. The predicted octanol–water partition coefficient (Wildman–Crippen LogP) is 2.92. The zero-order chi connectivity index (χ0) is 15.1. The van der Waals surface area contributed by atoms with E-state index in [0.29, 0.717) is 22.3 Å². The largest absolute Gasteiger partial charge is 0.508 e. The minimum Gasteiger partial charge on any atom is -0.508 e. The first-order valence-electron chi connectivity index (χ1n) is 5.36. The molecule has 0 aliphatic heterocycles. The van der Waals surface area contributed by atoms with Gasteiger partial charge in [0.15, 0.2) is 0 Å². The number of nitrogens with zero attached hydrogens (tertiary/aromatic N) is 2. The molecular formula is C12H8ClF3N2O2. The van der Waals surface area contributed by atoms with Gasteiger partial charge in [-0.2, -0.15) is 13.2 Å². The van der Waals surface area contributed by atoms with E-state index >= 15 is 0 Å². The molecule has 0 bridgehead atoms. The van der Waals surface area contributed by atoms with E-state index in [1.807, 2.05) is 0 Å². The summed E-state index contributed by atoms with van der Waals surface area (Å²) in [5, 5.41) is 9.16. The Morgan fingerprint density at radius 1 is 1.30 bits per heavy atom. The highest BCUT2D eigenvalue weighted by Crippen LogP contribution is 2.32. The van der Waals surface area contributed by atoms with Crippen molar-refractivity contribution in [1.29, 1.82) is 0 Å². The molecule has 106 valence electrons. The summed E-state index contributed by atoms with van der Waals surface area (Å²) in [5.41, 5.74) is -1.99. The van der Waals surface area contributed by atoms with Gasteiger partial charge in [0.2, 0.25) is 0 Å². The number of halogens is 4. The van der Waals surface area contributed by atoms with Gasteiger partial charge in [0.25, 0.3) is 5.56 Å². The number of pyridine rings is 2. The number of aryl methyl sites for hydroxylation is 1. The fraction of sp³-hybridized carbons (Fsp3) is 0.167. The molecule has 0 radical (unpaired) electrons. The Morgan fingerprint density at radius 2 is 1.95 bits per heavy atom. The Kier molecular flexibility index (Phi) is 3.47. The summed E-state index contributed by atoms with van der Waals surface area (Å²) in [4.78, 5) is 15.5. The molecule has 0 unspecified atom stereocenters. The van der Waals surface area contributed by atoms with Crippen LogP contribution in [0.15, 0.2) is 29.2 Å². The van der Waals surface area contributed by atoms with Gasteiger partial charge >= 0.3 is 6.18 Å². The van der Waals surface area contributed by atoms with Crippen LogP contribution >= 0.6 is 11.6 Å². The molecule has 2 heterocycles. The van der Waals surface area contributed by atoms with Crippen LogP contribution in [0.2, 0.25) is 5.15 Å². The fourth-order valence-electron chi connectivity index (χ4n) is 1.74. The van der Waals surface area contributed by atoms with Gasteiger partial charge in [0.05, 0.1) is 5.69 Å². The monoisotopic (exact) mass is 304 g/mol. The van der Waals surface area contributed by atoms with Crippen LogP contribution in [0.25, 0.3) is 5.69 Å². The van der Waals surface area contributed by atoms with E-state index in [-0.39, 0.29) is 10.8 Å². The Bertz CT molecular complexity index is 726. The molecule has 20 heavy (non-hydrogen) atoms. The highest BCUT2D eigenvalue weighted by Gasteiger charge is 2.35. The van der Waals surface area contributed by atoms with Gasteiger partial charge in [-0.1, -0.05) is 11.6 Å². The van der Waals surface area contributed by atoms with Crippen LogP contribution in [0.1, 0.15) is 11.3 Å². The summed E-state index contributed by atoms with van der Waals surface area (Å²) < 4.78 is 39.5. The van der Waals surface area contributed by atoms with Crippen molar-refractivity contribution in [3.05, 3.63) is 51.2 Å². The molecule has 0 saturated carbocycles. The molecule has 0 aliphatic rings. The SMILES string of the molecule is Cc1cnc(Cl)cc1-n1c(C(F)(F)F)cc(O)cc1=O. The third-order valence-corrected chi connectivity index (χ3v) is 2.80. The van der Waals surface area contributed by atoms with Crippen LogP contribution < -0.4 is 5.56 Å². The van der Waals surface area contributed by atoms with E-state index in [4.69, 9.17) is 11.6 Å². The minimum atomic E-state index is -4.81. The number of rotatable bonds is 1. The lowest BCUT2D eigenvalue weighted by Crippen LogP contribution is -2.26. The fourth-order valence-corrected chi connectivity index (χ4v) is 1.89. The summed E-state index contributed by atoms with van der Waals surface area (Å²) in [7, 11) is 0. The molecule has 0 amide bonds. The van der Waals surface area contributed by atoms with Crippen molar-refractivity contribution in [3.8, 4) is 11.4 Å². The maximum Gasteiger partial charge on any atom is 0.432 e. The van der Waals surface area contributed by atoms with E-state index in [1.165, 1.54) is 13.1 Å². The predicted molar refractivity (Wildman–Crippen MR) is 66.2 cm³/mol. The maximum atomic E-state index is 13.0. The number of hydrogen-bond donors (Lipinski definition) is 1. The van der Waals surface area contributed by atoms with E-state index < -0.39 is 23.2 Å². The van der Waals surface area contributed by atoms with Gasteiger partial charge in [-0.3, -0.25) is 9.36 Å². The second-order valence-corrected chi connectivity index (χ2v) is 4.45. The molecule has 0 fully saturated rings. The summed E-state index contributed by atoms with van der Waals surface area (Å²) in [6.07, 6.45) is -3.54. The number of hydrogen-bond acceptors (Lipinski definition) is 3. The van der Waals surface area contributed by atoms with Gasteiger partial charge < -0.3 is 5.11 Å². The van der Waals surface area contributed by atoms with Crippen LogP contribution in [0.4, 0.5) is 13.2 Å². The van der Waals surface area contributed by atoms with Gasteiger partial charge in [-0.25, -0.2) is 4.98 Å².